The van der Waals surface area contributed by atoms with Crippen molar-refractivity contribution in [3.05, 3.63) is 83.4 Å². The summed E-state index contributed by atoms with van der Waals surface area (Å²) in [5, 5.41) is 11.1. The van der Waals surface area contributed by atoms with E-state index in [-0.39, 0.29) is 11.8 Å². The molecule has 4 aromatic rings. The number of nitrogens with one attached hydrogen (secondary N) is 1. The standard InChI is InChI=1S/C24H20N4O2S/c1-24(2,22(29)27-23-28-25-14-31-23)20-16-10-6-7-11-19(16)30-21-17(20)12-13-18(26-21)15-8-4-3-5-9-15/h3-14,20H,1-2H3,(H,27,28,29)/t20-/m0/s1. The van der Waals surface area contributed by atoms with Crippen molar-refractivity contribution in [1.29, 1.82) is 0 Å². The lowest BCUT2D eigenvalue weighted by atomic mass is 9.69. The van der Waals surface area contributed by atoms with Gasteiger partial charge in [-0.15, -0.1) is 10.2 Å². The predicted molar refractivity (Wildman–Crippen MR) is 120 cm³/mol. The van der Waals surface area contributed by atoms with Crippen molar-refractivity contribution < 1.29 is 9.53 Å². The molecule has 0 unspecified atom stereocenters. The van der Waals surface area contributed by atoms with Crippen molar-refractivity contribution in [1.82, 2.24) is 15.2 Å². The largest absolute Gasteiger partial charge is 0.438 e. The molecule has 154 valence electrons. The van der Waals surface area contributed by atoms with E-state index in [2.05, 4.69) is 15.5 Å². The maximum Gasteiger partial charge on any atom is 0.232 e. The first kappa shape index (κ1) is 19.4. The lowest BCUT2D eigenvalue weighted by Gasteiger charge is -2.37. The van der Waals surface area contributed by atoms with Gasteiger partial charge < -0.3 is 10.1 Å². The average molecular weight is 429 g/mol. The number of pyridine rings is 1. The fraction of sp³-hybridized carbons (Fsp3) is 0.167. The summed E-state index contributed by atoms with van der Waals surface area (Å²) in [5.74, 6) is 0.873. The van der Waals surface area contributed by atoms with E-state index in [0.29, 0.717) is 11.0 Å². The Balaban J connectivity index is 1.59. The lowest BCUT2D eigenvalue weighted by Crippen LogP contribution is -2.38. The number of hydrogen-bond donors (Lipinski definition) is 1. The van der Waals surface area contributed by atoms with Gasteiger partial charge in [0, 0.05) is 22.6 Å². The van der Waals surface area contributed by atoms with Crippen molar-refractivity contribution in [3.8, 4) is 22.9 Å². The van der Waals surface area contributed by atoms with E-state index in [0.717, 1.165) is 28.1 Å². The SMILES string of the molecule is CC(C)(C(=O)Nc1nncs1)[C@H]1c2ccccc2Oc2nc(-c3ccccc3)ccc21. The first-order valence-corrected chi connectivity index (χ1v) is 10.8. The van der Waals surface area contributed by atoms with Crippen LogP contribution in [0.2, 0.25) is 0 Å². The van der Waals surface area contributed by atoms with Gasteiger partial charge >= 0.3 is 0 Å². The number of nitrogens with zero attached hydrogens (tertiary/aromatic N) is 3. The van der Waals surface area contributed by atoms with Crippen LogP contribution in [0.4, 0.5) is 5.13 Å². The number of carbonyl (C=O) groups is 1. The zero-order chi connectivity index (χ0) is 21.4. The number of fused-ring (bicyclic) bond motifs is 2. The van der Waals surface area contributed by atoms with Crippen LogP contribution in [0, 0.1) is 5.41 Å². The maximum absolute atomic E-state index is 13.3. The second kappa shape index (κ2) is 7.59. The van der Waals surface area contributed by atoms with E-state index < -0.39 is 5.41 Å². The number of ether oxygens (including phenoxy) is 1. The quantitative estimate of drug-likeness (QED) is 0.464. The predicted octanol–water partition coefficient (Wildman–Crippen LogP) is 5.50. The van der Waals surface area contributed by atoms with E-state index >= 15 is 0 Å². The summed E-state index contributed by atoms with van der Waals surface area (Å²) in [6.07, 6.45) is 0. The summed E-state index contributed by atoms with van der Waals surface area (Å²) in [6.45, 7) is 3.87. The van der Waals surface area contributed by atoms with Crippen molar-refractivity contribution >= 4 is 22.4 Å². The number of para-hydroxylation sites is 1. The zero-order valence-electron chi connectivity index (χ0n) is 17.1. The first-order valence-electron chi connectivity index (χ1n) is 9.95. The highest BCUT2D eigenvalue weighted by Gasteiger charge is 2.44. The molecule has 0 radical (unpaired) electrons. The highest BCUT2D eigenvalue weighted by molar-refractivity contribution is 7.13. The lowest BCUT2D eigenvalue weighted by molar-refractivity contribution is -0.124. The minimum Gasteiger partial charge on any atom is -0.438 e. The van der Waals surface area contributed by atoms with Crippen LogP contribution >= 0.6 is 11.3 Å². The van der Waals surface area contributed by atoms with Crippen LogP contribution in [0.5, 0.6) is 11.6 Å². The Labute approximate surface area is 184 Å². The maximum atomic E-state index is 13.3. The van der Waals surface area contributed by atoms with Gasteiger partial charge in [0.2, 0.25) is 16.9 Å². The zero-order valence-corrected chi connectivity index (χ0v) is 17.9. The summed E-state index contributed by atoms with van der Waals surface area (Å²) in [5.41, 5.74) is 4.48. The smallest absolute Gasteiger partial charge is 0.232 e. The minimum atomic E-state index is -0.795. The molecule has 3 heterocycles. The molecule has 1 amide bonds. The van der Waals surface area contributed by atoms with Gasteiger partial charge in [0.1, 0.15) is 11.3 Å². The van der Waals surface area contributed by atoms with Crippen LogP contribution in [0.1, 0.15) is 30.9 Å². The molecule has 2 aromatic carbocycles. The van der Waals surface area contributed by atoms with Gasteiger partial charge in [0.05, 0.1) is 11.1 Å². The molecule has 1 atom stereocenters. The highest BCUT2D eigenvalue weighted by Crippen LogP contribution is 2.51. The summed E-state index contributed by atoms with van der Waals surface area (Å²) in [7, 11) is 0. The average Bonchev–Trinajstić information content (AvgIpc) is 3.30. The Bertz CT molecular complexity index is 1240. The fourth-order valence-corrected chi connectivity index (χ4v) is 4.44. The molecule has 5 rings (SSSR count). The van der Waals surface area contributed by atoms with Crippen LogP contribution in [-0.4, -0.2) is 21.1 Å². The Kier molecular flexibility index (Phi) is 4.75. The summed E-state index contributed by atoms with van der Waals surface area (Å²) in [4.78, 5) is 18.1. The molecule has 6 nitrogen and oxygen atoms in total. The topological polar surface area (TPSA) is 77.0 Å². The summed E-state index contributed by atoms with van der Waals surface area (Å²) < 4.78 is 6.19. The number of rotatable bonds is 4. The second-order valence-corrected chi connectivity index (χ2v) is 8.78. The fourth-order valence-electron chi connectivity index (χ4n) is 4.00. The molecule has 2 aromatic heterocycles. The third kappa shape index (κ3) is 3.47. The molecule has 0 spiro atoms. The number of anilines is 1. The molecule has 31 heavy (non-hydrogen) atoms. The van der Waals surface area contributed by atoms with Gasteiger partial charge in [-0.05, 0) is 12.1 Å². The van der Waals surface area contributed by atoms with Crippen LogP contribution in [0.3, 0.4) is 0 Å². The van der Waals surface area contributed by atoms with Gasteiger partial charge in [0.25, 0.3) is 0 Å². The van der Waals surface area contributed by atoms with Crippen LogP contribution in [0.25, 0.3) is 11.3 Å². The Morgan fingerprint density at radius 3 is 2.55 bits per heavy atom. The number of hydrogen-bond acceptors (Lipinski definition) is 6. The van der Waals surface area contributed by atoms with E-state index in [1.165, 1.54) is 11.3 Å². The number of amides is 1. The molecular formula is C24H20N4O2S. The van der Waals surface area contributed by atoms with Crippen molar-refractivity contribution in [2.75, 3.05) is 5.32 Å². The Hall–Kier alpha value is -3.58. The molecular weight excluding hydrogens is 408 g/mol. The van der Waals surface area contributed by atoms with E-state index in [1.807, 2.05) is 80.6 Å². The molecule has 0 bridgehead atoms. The monoisotopic (exact) mass is 428 g/mol. The van der Waals surface area contributed by atoms with Gasteiger partial charge in [-0.25, -0.2) is 4.98 Å². The molecule has 1 aliphatic rings. The second-order valence-electron chi connectivity index (χ2n) is 7.95. The number of aromatic nitrogens is 3. The molecule has 7 heteroatoms. The third-order valence-corrected chi connectivity index (χ3v) is 6.20. The van der Waals surface area contributed by atoms with E-state index in [1.54, 1.807) is 5.51 Å². The van der Waals surface area contributed by atoms with Crippen LogP contribution in [0.15, 0.2) is 72.2 Å². The number of carbonyl (C=O) groups excluding carboxylic acids is 1. The Morgan fingerprint density at radius 1 is 1.00 bits per heavy atom. The third-order valence-electron chi connectivity index (χ3n) is 5.59. The molecule has 0 fully saturated rings. The molecule has 1 N–H and O–H groups in total. The normalized spacial score (nSPS) is 14.8. The summed E-state index contributed by atoms with van der Waals surface area (Å²) >= 11 is 1.29. The molecule has 0 aliphatic carbocycles. The van der Waals surface area contributed by atoms with Crippen LogP contribution < -0.4 is 10.1 Å². The van der Waals surface area contributed by atoms with E-state index in [4.69, 9.17) is 9.72 Å². The molecule has 1 aliphatic heterocycles. The van der Waals surface area contributed by atoms with Crippen LogP contribution in [-0.2, 0) is 4.79 Å². The van der Waals surface area contributed by atoms with Crippen molar-refractivity contribution in [2.45, 2.75) is 19.8 Å². The Morgan fingerprint density at radius 2 is 1.77 bits per heavy atom. The van der Waals surface area contributed by atoms with Gasteiger partial charge in [-0.2, -0.15) is 0 Å². The van der Waals surface area contributed by atoms with Gasteiger partial charge in [-0.1, -0.05) is 79.8 Å². The van der Waals surface area contributed by atoms with Gasteiger partial charge in [0.15, 0.2) is 0 Å². The van der Waals surface area contributed by atoms with Gasteiger partial charge in [-0.3, -0.25) is 4.79 Å². The van der Waals surface area contributed by atoms with Crippen molar-refractivity contribution in [2.24, 2.45) is 5.41 Å². The summed E-state index contributed by atoms with van der Waals surface area (Å²) in [6, 6.07) is 21.8. The van der Waals surface area contributed by atoms with E-state index in [9.17, 15) is 4.79 Å². The minimum absolute atomic E-state index is 0.135. The molecule has 0 saturated carbocycles. The molecule has 0 saturated heterocycles. The highest BCUT2D eigenvalue weighted by atomic mass is 32.1. The first-order chi connectivity index (χ1) is 15.0. The number of benzene rings is 2. The van der Waals surface area contributed by atoms with Crippen molar-refractivity contribution in [3.63, 3.8) is 0 Å².